The third-order valence-electron chi connectivity index (χ3n) is 2.09. The molecule has 0 bridgehead atoms. The number of benzene rings is 1. The number of para-hydroxylation sites is 1. The van der Waals surface area contributed by atoms with Gasteiger partial charge in [0.2, 0.25) is 0 Å². The Morgan fingerprint density at radius 2 is 2.36 bits per heavy atom. The predicted molar refractivity (Wildman–Crippen MR) is 54.5 cm³/mol. The van der Waals surface area contributed by atoms with Gasteiger partial charge in [-0.15, -0.1) is 0 Å². The molecule has 72 valence electrons. The van der Waals surface area contributed by atoms with Gasteiger partial charge in [0.15, 0.2) is 0 Å². The van der Waals surface area contributed by atoms with Crippen molar-refractivity contribution in [3.63, 3.8) is 0 Å². The lowest BCUT2D eigenvalue weighted by Gasteiger charge is -2.08. The van der Waals surface area contributed by atoms with Crippen molar-refractivity contribution in [1.82, 2.24) is 0 Å². The quantitative estimate of drug-likeness (QED) is 0.577. The lowest BCUT2D eigenvalue weighted by Crippen LogP contribution is -2.04. The molecule has 2 N–H and O–H groups in total. The smallest absolute Gasteiger partial charge is 0.123 e. The molecule has 0 heterocycles. The predicted octanol–water partition coefficient (Wildman–Crippen LogP) is 1.52. The molecule has 0 aliphatic heterocycles. The average Bonchev–Trinajstić information content (AvgIpc) is 2.21. The first kappa shape index (κ1) is 10.3. The van der Waals surface area contributed by atoms with Crippen molar-refractivity contribution in [2.45, 2.75) is 13.3 Å². The molecule has 0 fully saturated rings. The van der Waals surface area contributed by atoms with E-state index in [-0.39, 0.29) is 5.92 Å². The van der Waals surface area contributed by atoms with E-state index in [0.29, 0.717) is 17.7 Å². The second-order valence-corrected chi connectivity index (χ2v) is 3.31. The minimum Gasteiger partial charge on any atom is -0.397 e. The van der Waals surface area contributed by atoms with E-state index in [0.717, 1.165) is 11.8 Å². The highest BCUT2D eigenvalue weighted by molar-refractivity contribution is 5.61. The van der Waals surface area contributed by atoms with Gasteiger partial charge in [0.1, 0.15) is 12.4 Å². The number of nitriles is 1. The highest BCUT2D eigenvalue weighted by Gasteiger charge is 2.07. The van der Waals surface area contributed by atoms with Crippen LogP contribution >= 0.6 is 0 Å². The van der Waals surface area contributed by atoms with Crippen LogP contribution in [0.1, 0.15) is 18.1 Å². The molecule has 0 radical (unpaired) electrons. The lowest BCUT2D eigenvalue weighted by molar-refractivity contribution is -0.110. The van der Waals surface area contributed by atoms with Crippen molar-refractivity contribution in [3.8, 4) is 6.07 Å². The van der Waals surface area contributed by atoms with Gasteiger partial charge in [0.05, 0.1) is 11.3 Å². The van der Waals surface area contributed by atoms with Crippen molar-refractivity contribution in [1.29, 1.82) is 5.26 Å². The topological polar surface area (TPSA) is 66.9 Å². The standard InChI is InChI=1S/C11H12N2O/c1-8(7-14)5-9-3-2-4-10(6-12)11(9)13/h2-4,7-8H,5,13H2,1H3. The van der Waals surface area contributed by atoms with Gasteiger partial charge in [-0.2, -0.15) is 5.26 Å². The first-order valence-electron chi connectivity index (χ1n) is 4.41. The summed E-state index contributed by atoms with van der Waals surface area (Å²) in [5.41, 5.74) is 7.59. The number of rotatable bonds is 3. The van der Waals surface area contributed by atoms with Crippen LogP contribution in [0.25, 0.3) is 0 Å². The maximum Gasteiger partial charge on any atom is 0.123 e. The largest absolute Gasteiger partial charge is 0.397 e. The third-order valence-corrected chi connectivity index (χ3v) is 2.09. The van der Waals surface area contributed by atoms with Crippen LogP contribution < -0.4 is 5.73 Å². The summed E-state index contributed by atoms with van der Waals surface area (Å²) in [4.78, 5) is 10.5. The number of hydrogen-bond donors (Lipinski definition) is 1. The van der Waals surface area contributed by atoms with Gasteiger partial charge in [-0.05, 0) is 18.1 Å². The maximum absolute atomic E-state index is 10.5. The molecule has 0 aromatic heterocycles. The summed E-state index contributed by atoms with van der Waals surface area (Å²) < 4.78 is 0. The van der Waals surface area contributed by atoms with E-state index in [9.17, 15) is 4.79 Å². The Labute approximate surface area is 83.2 Å². The van der Waals surface area contributed by atoms with Crippen LogP contribution in [-0.4, -0.2) is 6.29 Å². The van der Waals surface area contributed by atoms with Crippen molar-refractivity contribution >= 4 is 12.0 Å². The van der Waals surface area contributed by atoms with Gasteiger partial charge < -0.3 is 10.5 Å². The van der Waals surface area contributed by atoms with Crippen LogP contribution in [0.3, 0.4) is 0 Å². The Balaban J connectivity index is 2.99. The summed E-state index contributed by atoms with van der Waals surface area (Å²) in [5.74, 6) is -0.0637. The molecule has 3 nitrogen and oxygen atoms in total. The fraction of sp³-hybridized carbons (Fsp3) is 0.273. The molecule has 14 heavy (non-hydrogen) atoms. The van der Waals surface area contributed by atoms with Gasteiger partial charge in [0, 0.05) is 5.92 Å². The highest BCUT2D eigenvalue weighted by Crippen LogP contribution is 2.19. The molecule has 1 aromatic rings. The van der Waals surface area contributed by atoms with Gasteiger partial charge in [-0.25, -0.2) is 0 Å². The molecular formula is C11H12N2O. The van der Waals surface area contributed by atoms with Gasteiger partial charge in [-0.1, -0.05) is 19.1 Å². The SMILES string of the molecule is CC(C=O)Cc1cccc(C#N)c1N. The Bertz CT molecular complexity index is 379. The zero-order valence-corrected chi connectivity index (χ0v) is 8.03. The Morgan fingerprint density at radius 1 is 1.64 bits per heavy atom. The normalized spacial score (nSPS) is 11.7. The summed E-state index contributed by atoms with van der Waals surface area (Å²) >= 11 is 0. The number of nitrogens with two attached hydrogens (primary N) is 1. The highest BCUT2D eigenvalue weighted by atomic mass is 16.1. The van der Waals surface area contributed by atoms with Gasteiger partial charge in [0.25, 0.3) is 0 Å². The monoisotopic (exact) mass is 188 g/mol. The van der Waals surface area contributed by atoms with Crippen LogP contribution in [-0.2, 0) is 11.2 Å². The third kappa shape index (κ3) is 2.11. The Hall–Kier alpha value is -1.82. The van der Waals surface area contributed by atoms with Crippen LogP contribution in [0.4, 0.5) is 5.69 Å². The number of carbonyl (C=O) groups is 1. The van der Waals surface area contributed by atoms with Crippen LogP contribution in [0.5, 0.6) is 0 Å². The molecule has 0 aliphatic rings. The number of hydrogen-bond acceptors (Lipinski definition) is 3. The first-order valence-corrected chi connectivity index (χ1v) is 4.41. The summed E-state index contributed by atoms with van der Waals surface area (Å²) in [6.45, 7) is 1.82. The van der Waals surface area contributed by atoms with Crippen molar-refractivity contribution in [3.05, 3.63) is 29.3 Å². The van der Waals surface area contributed by atoms with E-state index in [1.54, 1.807) is 12.1 Å². The zero-order valence-electron chi connectivity index (χ0n) is 8.03. The second-order valence-electron chi connectivity index (χ2n) is 3.31. The molecule has 0 saturated carbocycles. The molecule has 0 spiro atoms. The first-order chi connectivity index (χ1) is 6.69. The van der Waals surface area contributed by atoms with Crippen molar-refractivity contribution < 1.29 is 4.79 Å². The van der Waals surface area contributed by atoms with E-state index in [1.165, 1.54) is 0 Å². The van der Waals surface area contributed by atoms with Crippen LogP contribution in [0, 0.1) is 17.2 Å². The summed E-state index contributed by atoms with van der Waals surface area (Å²) in [7, 11) is 0. The van der Waals surface area contributed by atoms with Gasteiger partial charge in [-0.3, -0.25) is 0 Å². The van der Waals surface area contributed by atoms with E-state index in [2.05, 4.69) is 0 Å². The number of carbonyl (C=O) groups excluding carboxylic acids is 1. The number of anilines is 1. The molecule has 1 rings (SSSR count). The fourth-order valence-corrected chi connectivity index (χ4v) is 1.28. The molecule has 0 amide bonds. The second kappa shape index (κ2) is 4.43. The van der Waals surface area contributed by atoms with E-state index in [4.69, 9.17) is 11.0 Å². The molecule has 0 aliphatic carbocycles. The Morgan fingerprint density at radius 3 is 2.93 bits per heavy atom. The molecular weight excluding hydrogens is 176 g/mol. The molecule has 3 heteroatoms. The number of nitrogen functional groups attached to an aromatic ring is 1. The minimum atomic E-state index is -0.0637. The summed E-state index contributed by atoms with van der Waals surface area (Å²) in [5, 5.41) is 8.73. The van der Waals surface area contributed by atoms with Crippen molar-refractivity contribution in [2.24, 2.45) is 5.92 Å². The lowest BCUT2D eigenvalue weighted by atomic mass is 9.99. The minimum absolute atomic E-state index is 0.0637. The van der Waals surface area contributed by atoms with E-state index < -0.39 is 0 Å². The van der Waals surface area contributed by atoms with Crippen LogP contribution in [0.15, 0.2) is 18.2 Å². The maximum atomic E-state index is 10.5. The average molecular weight is 188 g/mol. The van der Waals surface area contributed by atoms with E-state index >= 15 is 0 Å². The molecule has 1 atom stereocenters. The number of aldehydes is 1. The molecule has 1 aromatic carbocycles. The number of nitrogens with zero attached hydrogens (tertiary/aromatic N) is 1. The summed E-state index contributed by atoms with van der Waals surface area (Å²) in [6.07, 6.45) is 1.48. The van der Waals surface area contributed by atoms with E-state index in [1.807, 2.05) is 19.1 Å². The zero-order chi connectivity index (χ0) is 10.6. The Kier molecular flexibility index (Phi) is 3.24. The summed E-state index contributed by atoms with van der Waals surface area (Å²) in [6, 6.07) is 7.31. The van der Waals surface area contributed by atoms with Crippen molar-refractivity contribution in [2.75, 3.05) is 5.73 Å². The molecule has 1 unspecified atom stereocenters. The van der Waals surface area contributed by atoms with Gasteiger partial charge >= 0.3 is 0 Å². The van der Waals surface area contributed by atoms with Crippen LogP contribution in [0.2, 0.25) is 0 Å². The fourth-order valence-electron chi connectivity index (χ4n) is 1.28. The molecule has 0 saturated heterocycles.